The molecular formula is C13H16N2OS. The van der Waals surface area contributed by atoms with E-state index < -0.39 is 6.10 Å². The third-order valence-corrected chi connectivity index (χ3v) is 3.75. The molecule has 0 saturated carbocycles. The topological polar surface area (TPSA) is 46.0 Å². The Bertz CT molecular complexity index is 462. The summed E-state index contributed by atoms with van der Waals surface area (Å²) in [5.41, 5.74) is 1.99. The number of hydrogen-bond acceptors (Lipinski definition) is 4. The smallest absolute Gasteiger partial charge is 0.0956 e. The number of nitrogens with zero attached hydrogens (tertiary/aromatic N) is 2. The van der Waals surface area contributed by atoms with Crippen molar-refractivity contribution in [3.63, 3.8) is 0 Å². The van der Waals surface area contributed by atoms with Gasteiger partial charge in [-0.25, -0.2) is 4.98 Å². The van der Waals surface area contributed by atoms with Gasteiger partial charge in [-0.3, -0.25) is 4.98 Å². The van der Waals surface area contributed by atoms with Crippen LogP contribution in [0.4, 0.5) is 0 Å². The summed E-state index contributed by atoms with van der Waals surface area (Å²) in [6, 6.07) is 5.75. The van der Waals surface area contributed by atoms with Crippen molar-refractivity contribution >= 4 is 11.3 Å². The van der Waals surface area contributed by atoms with Crippen LogP contribution < -0.4 is 0 Å². The lowest BCUT2D eigenvalue weighted by Gasteiger charge is -2.07. The van der Waals surface area contributed by atoms with E-state index in [0.717, 1.165) is 16.4 Å². The van der Waals surface area contributed by atoms with Gasteiger partial charge in [0, 0.05) is 29.6 Å². The first-order chi connectivity index (χ1) is 8.15. The molecule has 90 valence electrons. The van der Waals surface area contributed by atoms with Crippen LogP contribution in [0.3, 0.4) is 0 Å². The lowest BCUT2D eigenvalue weighted by molar-refractivity contribution is 0.174. The third-order valence-electron chi connectivity index (χ3n) is 2.65. The molecule has 0 fully saturated rings. The average Bonchev–Trinajstić information content (AvgIpc) is 2.59. The van der Waals surface area contributed by atoms with E-state index >= 15 is 0 Å². The molecule has 2 aromatic heterocycles. The molecule has 1 N–H and O–H groups in total. The largest absolute Gasteiger partial charge is 0.392 e. The summed E-state index contributed by atoms with van der Waals surface area (Å²) < 4.78 is 0. The molecule has 17 heavy (non-hydrogen) atoms. The summed E-state index contributed by atoms with van der Waals surface area (Å²) in [5, 5.41) is 11.0. The zero-order valence-corrected chi connectivity index (χ0v) is 10.9. The maximum Gasteiger partial charge on any atom is 0.0956 e. The number of thiazole rings is 1. The number of aromatic nitrogens is 2. The second kappa shape index (κ2) is 5.38. The molecule has 0 aliphatic rings. The minimum absolute atomic E-state index is 0.408. The molecule has 0 aromatic carbocycles. The van der Waals surface area contributed by atoms with Crippen LogP contribution >= 0.6 is 11.3 Å². The average molecular weight is 248 g/mol. The molecule has 3 nitrogen and oxygen atoms in total. The standard InChI is InChI=1S/C13H16N2OS/c1-9-10(2)17-13(15-9)8-12(16)7-11-5-3-4-6-14-11/h3-6,12,16H,7-8H2,1-2H3. The number of aryl methyl sites for hydroxylation is 2. The van der Waals surface area contributed by atoms with Crippen molar-refractivity contribution in [1.82, 2.24) is 9.97 Å². The molecule has 0 amide bonds. The lowest BCUT2D eigenvalue weighted by atomic mass is 10.1. The number of aliphatic hydroxyl groups is 1. The molecule has 0 spiro atoms. The van der Waals surface area contributed by atoms with Gasteiger partial charge in [0.15, 0.2) is 0 Å². The number of hydrogen-bond donors (Lipinski definition) is 1. The van der Waals surface area contributed by atoms with Gasteiger partial charge in [0.25, 0.3) is 0 Å². The van der Waals surface area contributed by atoms with Crippen molar-refractivity contribution in [3.8, 4) is 0 Å². The van der Waals surface area contributed by atoms with E-state index in [1.54, 1.807) is 17.5 Å². The SMILES string of the molecule is Cc1nc(CC(O)Cc2ccccn2)sc1C. The van der Waals surface area contributed by atoms with Crippen LogP contribution in [-0.2, 0) is 12.8 Å². The first kappa shape index (κ1) is 12.2. The van der Waals surface area contributed by atoms with Crippen molar-refractivity contribution in [2.24, 2.45) is 0 Å². The lowest BCUT2D eigenvalue weighted by Crippen LogP contribution is -2.14. The second-order valence-corrected chi connectivity index (χ2v) is 5.42. The van der Waals surface area contributed by atoms with Crippen molar-refractivity contribution in [2.75, 3.05) is 0 Å². The molecule has 4 heteroatoms. The number of aliphatic hydroxyl groups excluding tert-OH is 1. The van der Waals surface area contributed by atoms with Crippen LogP contribution in [0, 0.1) is 13.8 Å². The van der Waals surface area contributed by atoms with Crippen molar-refractivity contribution < 1.29 is 5.11 Å². The minimum atomic E-state index is -0.408. The summed E-state index contributed by atoms with van der Waals surface area (Å²) in [7, 11) is 0. The fraction of sp³-hybridized carbons (Fsp3) is 0.385. The molecule has 0 saturated heterocycles. The van der Waals surface area contributed by atoms with Crippen molar-refractivity contribution in [2.45, 2.75) is 32.8 Å². The Balaban J connectivity index is 1.95. The van der Waals surface area contributed by atoms with E-state index in [0.29, 0.717) is 12.8 Å². The highest BCUT2D eigenvalue weighted by atomic mass is 32.1. The maximum atomic E-state index is 9.98. The van der Waals surface area contributed by atoms with Gasteiger partial charge in [-0.05, 0) is 26.0 Å². The predicted molar refractivity (Wildman–Crippen MR) is 69.2 cm³/mol. The van der Waals surface area contributed by atoms with Gasteiger partial charge < -0.3 is 5.11 Å². The zero-order valence-electron chi connectivity index (χ0n) is 10.1. The Hall–Kier alpha value is -1.26. The fourth-order valence-electron chi connectivity index (χ4n) is 1.66. The molecule has 0 aliphatic heterocycles. The highest BCUT2D eigenvalue weighted by Crippen LogP contribution is 2.18. The Morgan fingerprint density at radius 1 is 1.29 bits per heavy atom. The number of rotatable bonds is 4. The molecule has 2 heterocycles. The normalized spacial score (nSPS) is 12.6. The Morgan fingerprint density at radius 2 is 2.12 bits per heavy atom. The zero-order chi connectivity index (χ0) is 12.3. The first-order valence-electron chi connectivity index (χ1n) is 5.66. The van der Waals surface area contributed by atoms with Gasteiger partial charge in [-0.2, -0.15) is 0 Å². The fourth-order valence-corrected chi connectivity index (χ4v) is 2.67. The maximum absolute atomic E-state index is 9.98. The van der Waals surface area contributed by atoms with Crippen LogP contribution in [0.2, 0.25) is 0 Å². The Morgan fingerprint density at radius 3 is 2.71 bits per heavy atom. The molecule has 2 aromatic rings. The Labute approximate surface area is 105 Å². The first-order valence-corrected chi connectivity index (χ1v) is 6.47. The Kier molecular flexibility index (Phi) is 3.86. The van der Waals surface area contributed by atoms with E-state index in [1.807, 2.05) is 25.1 Å². The molecular weight excluding hydrogens is 232 g/mol. The summed E-state index contributed by atoms with van der Waals surface area (Å²) >= 11 is 1.66. The molecule has 0 aliphatic carbocycles. The van der Waals surface area contributed by atoms with Crippen LogP contribution in [0.25, 0.3) is 0 Å². The summed E-state index contributed by atoms with van der Waals surface area (Å²) in [4.78, 5) is 9.86. The van der Waals surface area contributed by atoms with Crippen LogP contribution in [-0.4, -0.2) is 21.2 Å². The molecule has 0 radical (unpaired) electrons. The van der Waals surface area contributed by atoms with E-state index in [1.165, 1.54) is 4.88 Å². The van der Waals surface area contributed by atoms with E-state index in [9.17, 15) is 5.11 Å². The second-order valence-electron chi connectivity index (χ2n) is 4.13. The van der Waals surface area contributed by atoms with Gasteiger partial charge >= 0.3 is 0 Å². The quantitative estimate of drug-likeness (QED) is 0.903. The summed E-state index contributed by atoms with van der Waals surface area (Å²) in [6.45, 7) is 4.06. The van der Waals surface area contributed by atoms with Crippen molar-refractivity contribution in [3.05, 3.63) is 45.7 Å². The van der Waals surface area contributed by atoms with Gasteiger partial charge in [0.05, 0.1) is 16.8 Å². The van der Waals surface area contributed by atoms with Gasteiger partial charge in [-0.15, -0.1) is 11.3 Å². The van der Waals surface area contributed by atoms with E-state index in [4.69, 9.17) is 0 Å². The molecule has 1 atom stereocenters. The monoisotopic (exact) mass is 248 g/mol. The van der Waals surface area contributed by atoms with Gasteiger partial charge in [0.1, 0.15) is 0 Å². The molecule has 0 bridgehead atoms. The highest BCUT2D eigenvalue weighted by Gasteiger charge is 2.11. The summed E-state index contributed by atoms with van der Waals surface area (Å²) in [6.07, 6.45) is 2.53. The van der Waals surface area contributed by atoms with Crippen LogP contribution in [0.1, 0.15) is 21.3 Å². The van der Waals surface area contributed by atoms with Gasteiger partial charge in [0.2, 0.25) is 0 Å². The van der Waals surface area contributed by atoms with Gasteiger partial charge in [-0.1, -0.05) is 6.07 Å². The minimum Gasteiger partial charge on any atom is -0.392 e. The van der Waals surface area contributed by atoms with Crippen LogP contribution in [0.15, 0.2) is 24.4 Å². The van der Waals surface area contributed by atoms with Crippen molar-refractivity contribution in [1.29, 1.82) is 0 Å². The van der Waals surface area contributed by atoms with E-state index in [-0.39, 0.29) is 0 Å². The van der Waals surface area contributed by atoms with E-state index in [2.05, 4.69) is 16.9 Å². The third kappa shape index (κ3) is 3.35. The predicted octanol–water partition coefficient (Wildman–Crippen LogP) is 2.30. The highest BCUT2D eigenvalue weighted by molar-refractivity contribution is 7.11. The molecule has 1 unspecified atom stereocenters. The number of pyridine rings is 1. The summed E-state index contributed by atoms with van der Waals surface area (Å²) in [5.74, 6) is 0. The molecule has 2 rings (SSSR count). The van der Waals surface area contributed by atoms with Crippen LogP contribution in [0.5, 0.6) is 0 Å².